The van der Waals surface area contributed by atoms with Crippen LogP contribution in [0, 0.1) is 0 Å². The summed E-state index contributed by atoms with van der Waals surface area (Å²) in [6.45, 7) is 2.34. The van der Waals surface area contributed by atoms with Gasteiger partial charge in [-0.05, 0) is 18.4 Å². The van der Waals surface area contributed by atoms with Crippen LogP contribution in [0.1, 0.15) is 18.4 Å². The normalized spacial score (nSPS) is 10.2. The summed E-state index contributed by atoms with van der Waals surface area (Å²) in [6, 6.07) is 10.3. The molecule has 20 heavy (non-hydrogen) atoms. The van der Waals surface area contributed by atoms with Gasteiger partial charge in [-0.2, -0.15) is 0 Å². The molecule has 0 aliphatic carbocycles. The van der Waals surface area contributed by atoms with Gasteiger partial charge in [-0.3, -0.25) is 4.99 Å². The predicted octanol–water partition coefficient (Wildman–Crippen LogP) is 2.46. The first-order valence-corrected chi connectivity index (χ1v) is 7.12. The molecule has 1 aromatic rings. The smallest absolute Gasteiger partial charge is 0.195 e. The minimum atomic E-state index is 0.699. The number of guanidine groups is 1. The van der Waals surface area contributed by atoms with Crippen LogP contribution in [0.5, 0.6) is 0 Å². The second kappa shape index (κ2) is 9.37. The zero-order chi connectivity index (χ0) is 14.8. The van der Waals surface area contributed by atoms with E-state index in [9.17, 15) is 0 Å². The highest BCUT2D eigenvalue weighted by Gasteiger charge is 2.02. The third-order valence-corrected chi connectivity index (χ3v) is 2.86. The van der Waals surface area contributed by atoms with Gasteiger partial charge in [0.15, 0.2) is 5.96 Å². The number of rotatable bonds is 7. The fraction of sp³-hybridized carbons (Fsp3) is 0.562. The summed E-state index contributed by atoms with van der Waals surface area (Å²) in [5.74, 6) is 1.01. The Morgan fingerprint density at radius 3 is 2.25 bits per heavy atom. The van der Waals surface area contributed by atoms with Gasteiger partial charge < -0.3 is 14.5 Å². The van der Waals surface area contributed by atoms with Gasteiger partial charge in [-0.25, -0.2) is 0 Å². The lowest BCUT2D eigenvalue weighted by atomic mass is 10.2. The summed E-state index contributed by atoms with van der Waals surface area (Å²) in [7, 11) is 8.06. The van der Waals surface area contributed by atoms with E-state index in [4.69, 9.17) is 4.74 Å². The summed E-state index contributed by atoms with van der Waals surface area (Å²) in [4.78, 5) is 8.66. The molecule has 4 heteroatoms. The molecule has 1 aromatic carbocycles. The molecule has 0 saturated carbocycles. The van der Waals surface area contributed by atoms with E-state index in [1.165, 1.54) is 5.56 Å². The van der Waals surface area contributed by atoms with E-state index in [1.807, 2.05) is 56.2 Å². The Morgan fingerprint density at radius 1 is 1.00 bits per heavy atom. The molecule has 0 heterocycles. The van der Waals surface area contributed by atoms with Gasteiger partial charge in [-0.15, -0.1) is 0 Å². The molecule has 4 nitrogen and oxygen atoms in total. The highest BCUT2D eigenvalue weighted by atomic mass is 16.5. The van der Waals surface area contributed by atoms with Gasteiger partial charge in [0.25, 0.3) is 0 Å². The van der Waals surface area contributed by atoms with Crippen molar-refractivity contribution in [1.82, 2.24) is 9.80 Å². The van der Waals surface area contributed by atoms with Gasteiger partial charge in [0, 0.05) is 41.3 Å². The summed E-state index contributed by atoms with van der Waals surface area (Å²) >= 11 is 0. The molecule has 0 saturated heterocycles. The maximum Gasteiger partial charge on any atom is 0.195 e. The number of benzene rings is 1. The van der Waals surface area contributed by atoms with Crippen molar-refractivity contribution in [3.8, 4) is 0 Å². The first kappa shape index (κ1) is 16.5. The zero-order valence-electron chi connectivity index (χ0n) is 13.2. The Bertz CT molecular complexity index is 378. The van der Waals surface area contributed by atoms with Crippen molar-refractivity contribution in [2.75, 3.05) is 41.3 Å². The minimum Gasteiger partial charge on any atom is -0.377 e. The van der Waals surface area contributed by atoms with Gasteiger partial charge in [0.1, 0.15) is 0 Å². The molecule has 1 rings (SSSR count). The zero-order valence-corrected chi connectivity index (χ0v) is 13.2. The maximum absolute atomic E-state index is 5.65. The highest BCUT2D eigenvalue weighted by Crippen LogP contribution is 2.02. The molecular formula is C16H27N3O. The lowest BCUT2D eigenvalue weighted by molar-refractivity contribution is 0.117. The first-order chi connectivity index (χ1) is 9.61. The van der Waals surface area contributed by atoms with Crippen LogP contribution < -0.4 is 0 Å². The highest BCUT2D eigenvalue weighted by molar-refractivity contribution is 5.79. The summed E-state index contributed by atoms with van der Waals surface area (Å²) < 4.78 is 5.65. The Labute approximate surface area is 123 Å². The number of aliphatic imine (C=N–C) groups is 1. The van der Waals surface area contributed by atoms with Crippen molar-refractivity contribution in [1.29, 1.82) is 0 Å². The Balaban J connectivity index is 2.11. The molecule has 0 amide bonds. The standard InChI is InChI=1S/C16H27N3O/c1-18(2)16(19(3)4)17-12-8-9-13-20-14-15-10-6-5-7-11-15/h5-7,10-11H,8-9,12-14H2,1-4H3. The number of hydrogen-bond acceptors (Lipinski definition) is 2. The van der Waals surface area contributed by atoms with E-state index in [0.29, 0.717) is 6.61 Å². The van der Waals surface area contributed by atoms with Crippen molar-refractivity contribution >= 4 is 5.96 Å². The molecule has 0 bridgehead atoms. The number of nitrogens with zero attached hydrogens (tertiary/aromatic N) is 3. The molecule has 0 N–H and O–H groups in total. The molecular weight excluding hydrogens is 250 g/mol. The van der Waals surface area contributed by atoms with Gasteiger partial charge >= 0.3 is 0 Å². The number of hydrogen-bond donors (Lipinski definition) is 0. The van der Waals surface area contributed by atoms with Crippen LogP contribution in [0.2, 0.25) is 0 Å². The van der Waals surface area contributed by atoms with Crippen LogP contribution >= 0.6 is 0 Å². The van der Waals surface area contributed by atoms with Crippen molar-refractivity contribution in [3.63, 3.8) is 0 Å². The Hall–Kier alpha value is -1.55. The van der Waals surface area contributed by atoms with E-state index < -0.39 is 0 Å². The maximum atomic E-state index is 5.65. The van der Waals surface area contributed by atoms with Crippen molar-refractivity contribution in [3.05, 3.63) is 35.9 Å². The Morgan fingerprint density at radius 2 is 1.65 bits per heavy atom. The third-order valence-electron chi connectivity index (χ3n) is 2.86. The molecule has 112 valence electrons. The molecule has 0 fully saturated rings. The van der Waals surface area contributed by atoms with Gasteiger partial charge in [0.05, 0.1) is 6.61 Å². The van der Waals surface area contributed by atoms with Crippen LogP contribution in [0.4, 0.5) is 0 Å². The van der Waals surface area contributed by atoms with Crippen molar-refractivity contribution in [2.45, 2.75) is 19.4 Å². The van der Waals surface area contributed by atoms with Crippen LogP contribution in [-0.4, -0.2) is 57.1 Å². The molecule has 0 atom stereocenters. The van der Waals surface area contributed by atoms with E-state index in [2.05, 4.69) is 17.1 Å². The molecule has 0 aromatic heterocycles. The first-order valence-electron chi connectivity index (χ1n) is 7.12. The van der Waals surface area contributed by atoms with Gasteiger partial charge in [0.2, 0.25) is 0 Å². The van der Waals surface area contributed by atoms with Crippen molar-refractivity contribution in [2.24, 2.45) is 4.99 Å². The van der Waals surface area contributed by atoms with E-state index in [-0.39, 0.29) is 0 Å². The van der Waals surface area contributed by atoms with Crippen molar-refractivity contribution < 1.29 is 4.74 Å². The van der Waals surface area contributed by atoms with Gasteiger partial charge in [-0.1, -0.05) is 30.3 Å². The number of unbranched alkanes of at least 4 members (excludes halogenated alkanes) is 1. The van der Waals surface area contributed by atoms with Crippen LogP contribution in [0.15, 0.2) is 35.3 Å². The third kappa shape index (κ3) is 6.57. The molecule has 0 aliphatic heterocycles. The monoisotopic (exact) mass is 277 g/mol. The second-order valence-corrected chi connectivity index (χ2v) is 5.22. The topological polar surface area (TPSA) is 28.1 Å². The largest absolute Gasteiger partial charge is 0.377 e. The number of ether oxygens (including phenoxy) is 1. The second-order valence-electron chi connectivity index (χ2n) is 5.22. The average molecular weight is 277 g/mol. The van der Waals surface area contributed by atoms with Crippen LogP contribution in [0.25, 0.3) is 0 Å². The molecule has 0 radical (unpaired) electrons. The molecule has 0 aliphatic rings. The molecule has 0 spiro atoms. The van der Waals surface area contributed by atoms with Crippen LogP contribution in [0.3, 0.4) is 0 Å². The summed E-state index contributed by atoms with van der Waals surface area (Å²) in [5, 5.41) is 0. The lowest BCUT2D eigenvalue weighted by Crippen LogP contribution is -2.35. The Kier molecular flexibility index (Phi) is 7.73. The minimum absolute atomic E-state index is 0.699. The average Bonchev–Trinajstić information content (AvgIpc) is 2.42. The SMILES string of the molecule is CN(C)C(=NCCCCOCc1ccccc1)N(C)C. The fourth-order valence-electron chi connectivity index (χ4n) is 1.94. The lowest BCUT2D eigenvalue weighted by Gasteiger charge is -2.22. The van der Waals surface area contributed by atoms with E-state index in [0.717, 1.165) is 32.0 Å². The molecule has 0 unspecified atom stereocenters. The predicted molar refractivity (Wildman–Crippen MR) is 85.0 cm³/mol. The fourth-order valence-corrected chi connectivity index (χ4v) is 1.94. The summed E-state index contributed by atoms with van der Waals surface area (Å²) in [6.07, 6.45) is 2.10. The van der Waals surface area contributed by atoms with E-state index in [1.54, 1.807) is 0 Å². The van der Waals surface area contributed by atoms with Crippen LogP contribution in [-0.2, 0) is 11.3 Å². The van der Waals surface area contributed by atoms with E-state index >= 15 is 0 Å². The quantitative estimate of drug-likeness (QED) is 0.435. The summed E-state index contributed by atoms with van der Waals surface area (Å²) in [5.41, 5.74) is 1.23.